The van der Waals surface area contributed by atoms with Crippen LogP contribution in [0.5, 0.6) is 0 Å². The molecule has 3 rings (SSSR count). The van der Waals surface area contributed by atoms with Gasteiger partial charge in [0.2, 0.25) is 5.91 Å². The fourth-order valence-corrected chi connectivity index (χ4v) is 2.43. The number of nitrogens with zero attached hydrogens (tertiary/aromatic N) is 2. The number of hydrazone groups is 1. The Morgan fingerprint density at radius 2 is 1.90 bits per heavy atom. The van der Waals surface area contributed by atoms with Crippen LogP contribution in [0.15, 0.2) is 60.0 Å². The molecule has 1 aromatic heterocycles. The number of carbonyl (C=O) groups is 1. The van der Waals surface area contributed by atoms with Gasteiger partial charge in [-0.25, -0.2) is 5.43 Å². The van der Waals surface area contributed by atoms with Gasteiger partial charge in [-0.15, -0.1) is 0 Å². The van der Waals surface area contributed by atoms with Gasteiger partial charge in [0.05, 0.1) is 5.71 Å². The van der Waals surface area contributed by atoms with Crippen molar-refractivity contribution in [1.29, 1.82) is 0 Å². The summed E-state index contributed by atoms with van der Waals surface area (Å²) in [5, 5.41) is 4.17. The van der Waals surface area contributed by atoms with Crippen LogP contribution in [0.4, 0.5) is 0 Å². The van der Waals surface area contributed by atoms with Crippen molar-refractivity contribution in [3.05, 3.63) is 66.0 Å². The van der Waals surface area contributed by atoms with Crippen LogP contribution in [0.1, 0.15) is 30.4 Å². The molecule has 1 fully saturated rings. The summed E-state index contributed by atoms with van der Waals surface area (Å²) in [6.07, 6.45) is 4.32. The molecule has 4 nitrogen and oxygen atoms in total. The Kier molecular flexibility index (Phi) is 3.77. The molecule has 1 saturated carbocycles. The van der Waals surface area contributed by atoms with E-state index in [0.717, 1.165) is 17.7 Å². The molecule has 1 aliphatic rings. The maximum absolute atomic E-state index is 12.1. The molecule has 21 heavy (non-hydrogen) atoms. The normalized spacial score (nSPS) is 20.9. The third kappa shape index (κ3) is 3.16. The molecule has 0 bridgehead atoms. The van der Waals surface area contributed by atoms with Crippen LogP contribution in [0.2, 0.25) is 0 Å². The minimum Gasteiger partial charge on any atom is -0.273 e. The maximum atomic E-state index is 12.1. The third-order valence-electron chi connectivity index (χ3n) is 3.79. The maximum Gasteiger partial charge on any atom is 0.243 e. The van der Waals surface area contributed by atoms with Crippen molar-refractivity contribution < 1.29 is 4.79 Å². The van der Waals surface area contributed by atoms with Gasteiger partial charge in [0.1, 0.15) is 0 Å². The van der Waals surface area contributed by atoms with Crippen LogP contribution < -0.4 is 5.43 Å². The number of nitrogens with one attached hydrogen (secondary N) is 1. The second-order valence-electron chi connectivity index (χ2n) is 5.27. The van der Waals surface area contributed by atoms with E-state index in [-0.39, 0.29) is 11.8 Å². The quantitative estimate of drug-likeness (QED) is 0.691. The Hall–Kier alpha value is -2.49. The van der Waals surface area contributed by atoms with Crippen LogP contribution in [0.3, 0.4) is 0 Å². The van der Waals surface area contributed by atoms with Gasteiger partial charge < -0.3 is 0 Å². The zero-order chi connectivity index (χ0) is 14.7. The van der Waals surface area contributed by atoms with Gasteiger partial charge in [-0.3, -0.25) is 9.78 Å². The summed E-state index contributed by atoms with van der Waals surface area (Å²) >= 11 is 0. The predicted octanol–water partition coefficient (Wildman–Crippen LogP) is 2.73. The van der Waals surface area contributed by atoms with Crippen molar-refractivity contribution in [2.75, 3.05) is 0 Å². The number of pyridine rings is 1. The van der Waals surface area contributed by atoms with Gasteiger partial charge in [-0.05, 0) is 37.0 Å². The van der Waals surface area contributed by atoms with Crippen molar-refractivity contribution in [2.24, 2.45) is 11.0 Å². The number of aromatic nitrogens is 1. The molecule has 2 aromatic rings. The Morgan fingerprint density at radius 3 is 2.62 bits per heavy atom. The highest BCUT2D eigenvalue weighted by molar-refractivity contribution is 5.99. The summed E-state index contributed by atoms with van der Waals surface area (Å²) in [6.45, 7) is 1.87. The van der Waals surface area contributed by atoms with Gasteiger partial charge in [-0.2, -0.15) is 5.10 Å². The monoisotopic (exact) mass is 279 g/mol. The molecule has 0 aliphatic heterocycles. The molecule has 2 atom stereocenters. The van der Waals surface area contributed by atoms with Crippen LogP contribution >= 0.6 is 0 Å². The van der Waals surface area contributed by atoms with E-state index in [0.29, 0.717) is 5.92 Å². The highest BCUT2D eigenvalue weighted by Gasteiger charge is 2.43. The highest BCUT2D eigenvalue weighted by atomic mass is 16.2. The van der Waals surface area contributed by atoms with Crippen molar-refractivity contribution in [3.63, 3.8) is 0 Å². The summed E-state index contributed by atoms with van der Waals surface area (Å²) in [5.41, 5.74) is 5.64. The molecule has 0 unspecified atom stereocenters. The number of hydrogen-bond acceptors (Lipinski definition) is 3. The Labute approximate surface area is 123 Å². The Balaban J connectivity index is 1.59. The number of amides is 1. The van der Waals surface area contributed by atoms with E-state index in [9.17, 15) is 4.79 Å². The fourth-order valence-electron chi connectivity index (χ4n) is 2.43. The molecule has 1 aliphatic carbocycles. The van der Waals surface area contributed by atoms with Gasteiger partial charge >= 0.3 is 0 Å². The number of benzene rings is 1. The van der Waals surface area contributed by atoms with Crippen LogP contribution in [-0.4, -0.2) is 16.6 Å². The SMILES string of the molecule is C/C(=N/NC(=O)[C@@H]1C[C@H]1c1ccccc1)c1ccncc1. The summed E-state index contributed by atoms with van der Waals surface area (Å²) in [6, 6.07) is 13.9. The second kappa shape index (κ2) is 5.87. The smallest absolute Gasteiger partial charge is 0.243 e. The summed E-state index contributed by atoms with van der Waals surface area (Å²) in [4.78, 5) is 16.1. The zero-order valence-corrected chi connectivity index (χ0v) is 11.9. The number of rotatable bonds is 4. The molecule has 0 spiro atoms. The van der Waals surface area contributed by atoms with Crippen molar-refractivity contribution in [2.45, 2.75) is 19.3 Å². The van der Waals surface area contributed by atoms with E-state index in [1.54, 1.807) is 12.4 Å². The van der Waals surface area contributed by atoms with Crippen molar-refractivity contribution in [3.8, 4) is 0 Å². The highest BCUT2D eigenvalue weighted by Crippen LogP contribution is 2.47. The van der Waals surface area contributed by atoms with E-state index >= 15 is 0 Å². The molecule has 4 heteroatoms. The lowest BCUT2D eigenvalue weighted by atomic mass is 10.1. The molecule has 1 aromatic carbocycles. The largest absolute Gasteiger partial charge is 0.273 e. The van der Waals surface area contributed by atoms with Crippen molar-refractivity contribution >= 4 is 11.6 Å². The lowest BCUT2D eigenvalue weighted by molar-refractivity contribution is -0.122. The lowest BCUT2D eigenvalue weighted by Crippen LogP contribution is -2.21. The topological polar surface area (TPSA) is 54.4 Å². The second-order valence-corrected chi connectivity index (χ2v) is 5.27. The van der Waals surface area contributed by atoms with Crippen LogP contribution in [-0.2, 0) is 4.79 Å². The van der Waals surface area contributed by atoms with Gasteiger partial charge in [-0.1, -0.05) is 30.3 Å². The molecular formula is C17H17N3O. The molecule has 1 heterocycles. The third-order valence-corrected chi connectivity index (χ3v) is 3.79. The van der Waals surface area contributed by atoms with E-state index in [2.05, 4.69) is 27.6 Å². The van der Waals surface area contributed by atoms with Crippen LogP contribution in [0.25, 0.3) is 0 Å². The fraction of sp³-hybridized carbons (Fsp3) is 0.235. The Morgan fingerprint density at radius 1 is 1.19 bits per heavy atom. The van der Waals surface area contributed by atoms with E-state index in [4.69, 9.17) is 0 Å². The molecule has 106 valence electrons. The lowest BCUT2D eigenvalue weighted by Gasteiger charge is -2.03. The van der Waals surface area contributed by atoms with Crippen LogP contribution in [0, 0.1) is 5.92 Å². The first-order valence-electron chi connectivity index (χ1n) is 7.05. The number of carbonyl (C=O) groups excluding carboxylic acids is 1. The predicted molar refractivity (Wildman–Crippen MR) is 81.9 cm³/mol. The molecule has 1 N–H and O–H groups in total. The molecule has 0 saturated heterocycles. The first kappa shape index (κ1) is 13.5. The molecular weight excluding hydrogens is 262 g/mol. The summed E-state index contributed by atoms with van der Waals surface area (Å²) in [5.74, 6) is 0.376. The molecule has 1 amide bonds. The Bertz CT molecular complexity index is 652. The van der Waals surface area contributed by atoms with Gasteiger partial charge in [0.15, 0.2) is 0 Å². The minimum atomic E-state index is -0.00254. The number of hydrogen-bond donors (Lipinski definition) is 1. The summed E-state index contributed by atoms with van der Waals surface area (Å²) < 4.78 is 0. The average molecular weight is 279 g/mol. The average Bonchev–Trinajstić information content (AvgIpc) is 3.35. The standard InChI is InChI=1S/C17H17N3O/c1-12(13-7-9-18-10-8-13)19-20-17(21)16-11-15(16)14-5-3-2-4-6-14/h2-10,15-16H,11H2,1H3,(H,20,21)/b19-12-/t15-,16+/m0/s1. The first-order chi connectivity index (χ1) is 10.3. The molecule has 0 radical (unpaired) electrons. The first-order valence-corrected chi connectivity index (χ1v) is 7.05. The zero-order valence-electron chi connectivity index (χ0n) is 11.9. The van der Waals surface area contributed by atoms with E-state index in [1.165, 1.54) is 5.56 Å². The summed E-state index contributed by atoms with van der Waals surface area (Å²) in [7, 11) is 0. The van der Waals surface area contributed by atoms with Crippen molar-refractivity contribution in [1.82, 2.24) is 10.4 Å². The van der Waals surface area contributed by atoms with E-state index in [1.807, 2.05) is 37.3 Å². The minimum absolute atomic E-state index is 0.00254. The van der Waals surface area contributed by atoms with Gasteiger partial charge in [0.25, 0.3) is 0 Å². The van der Waals surface area contributed by atoms with Gasteiger partial charge in [0, 0.05) is 23.9 Å². The van der Waals surface area contributed by atoms with E-state index < -0.39 is 0 Å².